The molecule has 14 heavy (non-hydrogen) atoms. The SMILES string of the molecule is CC(C)(CNCc1ccco1)C(=O)O. The average molecular weight is 197 g/mol. The van der Waals surface area contributed by atoms with Gasteiger partial charge in [-0.1, -0.05) is 0 Å². The lowest BCUT2D eigenvalue weighted by molar-refractivity contribution is -0.146. The average Bonchev–Trinajstić information content (AvgIpc) is 2.56. The predicted molar refractivity (Wildman–Crippen MR) is 51.8 cm³/mol. The molecule has 0 unspecified atom stereocenters. The van der Waals surface area contributed by atoms with Crippen LogP contribution < -0.4 is 5.32 Å². The van der Waals surface area contributed by atoms with Crippen molar-refractivity contribution in [3.63, 3.8) is 0 Å². The normalized spacial score (nSPS) is 11.6. The summed E-state index contributed by atoms with van der Waals surface area (Å²) in [5.74, 6) is 0.00985. The number of aliphatic carboxylic acids is 1. The van der Waals surface area contributed by atoms with Crippen LogP contribution in [0.1, 0.15) is 19.6 Å². The largest absolute Gasteiger partial charge is 0.481 e. The van der Waals surface area contributed by atoms with E-state index in [9.17, 15) is 4.79 Å². The van der Waals surface area contributed by atoms with Crippen LogP contribution in [-0.2, 0) is 11.3 Å². The molecule has 0 amide bonds. The Morgan fingerprint density at radius 2 is 2.36 bits per heavy atom. The van der Waals surface area contributed by atoms with Crippen LogP contribution in [0.25, 0.3) is 0 Å². The van der Waals surface area contributed by atoms with Crippen LogP contribution in [0.5, 0.6) is 0 Å². The Morgan fingerprint density at radius 1 is 1.64 bits per heavy atom. The molecule has 0 aromatic carbocycles. The Bertz CT molecular complexity index is 290. The summed E-state index contributed by atoms with van der Waals surface area (Å²) in [6.07, 6.45) is 1.60. The minimum Gasteiger partial charge on any atom is -0.481 e. The van der Waals surface area contributed by atoms with Crippen LogP contribution in [-0.4, -0.2) is 17.6 Å². The lowest BCUT2D eigenvalue weighted by Crippen LogP contribution is -2.35. The van der Waals surface area contributed by atoms with Crippen LogP contribution in [0.4, 0.5) is 0 Å². The van der Waals surface area contributed by atoms with Gasteiger partial charge in [-0.3, -0.25) is 4.79 Å². The Balaban J connectivity index is 2.31. The molecule has 78 valence electrons. The van der Waals surface area contributed by atoms with E-state index in [1.165, 1.54) is 0 Å². The van der Waals surface area contributed by atoms with E-state index in [0.29, 0.717) is 13.1 Å². The number of nitrogens with one attached hydrogen (secondary N) is 1. The molecule has 1 aromatic heterocycles. The number of furan rings is 1. The Morgan fingerprint density at radius 3 is 2.86 bits per heavy atom. The van der Waals surface area contributed by atoms with E-state index in [1.807, 2.05) is 6.07 Å². The molecule has 4 heteroatoms. The minimum atomic E-state index is -0.801. The fourth-order valence-electron chi connectivity index (χ4n) is 0.987. The van der Waals surface area contributed by atoms with E-state index in [0.717, 1.165) is 5.76 Å². The molecule has 0 radical (unpaired) electrons. The first-order valence-electron chi connectivity index (χ1n) is 4.49. The van der Waals surface area contributed by atoms with E-state index < -0.39 is 11.4 Å². The van der Waals surface area contributed by atoms with Gasteiger partial charge >= 0.3 is 5.97 Å². The van der Waals surface area contributed by atoms with Gasteiger partial charge in [0, 0.05) is 6.54 Å². The molecule has 0 fully saturated rings. The van der Waals surface area contributed by atoms with Crippen LogP contribution in [0, 0.1) is 5.41 Å². The van der Waals surface area contributed by atoms with Crippen molar-refractivity contribution in [3.05, 3.63) is 24.2 Å². The van der Waals surface area contributed by atoms with Gasteiger partial charge in [0.2, 0.25) is 0 Å². The number of carboxylic acids is 1. The quantitative estimate of drug-likeness (QED) is 0.750. The molecule has 0 aliphatic heterocycles. The molecule has 0 atom stereocenters. The molecular weight excluding hydrogens is 182 g/mol. The highest BCUT2D eigenvalue weighted by Crippen LogP contribution is 2.13. The smallest absolute Gasteiger partial charge is 0.310 e. The molecule has 4 nitrogen and oxygen atoms in total. The molecule has 0 spiro atoms. The first kappa shape index (κ1) is 10.8. The standard InChI is InChI=1S/C10H15NO3/c1-10(2,9(12)13)7-11-6-8-4-3-5-14-8/h3-5,11H,6-7H2,1-2H3,(H,12,13). The molecule has 1 heterocycles. The van der Waals surface area contributed by atoms with Crippen molar-refractivity contribution >= 4 is 5.97 Å². The maximum Gasteiger partial charge on any atom is 0.310 e. The van der Waals surface area contributed by atoms with Crippen molar-refractivity contribution in [2.24, 2.45) is 5.41 Å². The maximum atomic E-state index is 10.7. The van der Waals surface area contributed by atoms with Crippen molar-refractivity contribution in [3.8, 4) is 0 Å². The second kappa shape index (κ2) is 4.28. The van der Waals surface area contributed by atoms with Gasteiger partial charge in [-0.25, -0.2) is 0 Å². The number of carbonyl (C=O) groups is 1. The van der Waals surface area contributed by atoms with Crippen LogP contribution in [0.3, 0.4) is 0 Å². The fraction of sp³-hybridized carbons (Fsp3) is 0.500. The Labute approximate surface area is 82.9 Å². The van der Waals surface area contributed by atoms with E-state index in [-0.39, 0.29) is 0 Å². The van der Waals surface area contributed by atoms with E-state index in [2.05, 4.69) is 5.32 Å². The topological polar surface area (TPSA) is 62.5 Å². The summed E-state index contributed by atoms with van der Waals surface area (Å²) >= 11 is 0. The van der Waals surface area contributed by atoms with E-state index in [1.54, 1.807) is 26.2 Å². The zero-order chi connectivity index (χ0) is 10.6. The second-order valence-electron chi connectivity index (χ2n) is 3.87. The first-order chi connectivity index (χ1) is 6.52. The summed E-state index contributed by atoms with van der Waals surface area (Å²) in [5.41, 5.74) is -0.743. The lowest BCUT2D eigenvalue weighted by Gasteiger charge is -2.18. The summed E-state index contributed by atoms with van der Waals surface area (Å²) in [5, 5.41) is 11.9. The summed E-state index contributed by atoms with van der Waals surface area (Å²) in [4.78, 5) is 10.7. The molecule has 0 saturated carbocycles. The third-order valence-corrected chi connectivity index (χ3v) is 2.03. The number of rotatable bonds is 5. The van der Waals surface area contributed by atoms with Gasteiger partial charge in [0.05, 0.1) is 18.2 Å². The first-order valence-corrected chi connectivity index (χ1v) is 4.49. The molecular formula is C10H15NO3. The van der Waals surface area contributed by atoms with Gasteiger partial charge in [0.25, 0.3) is 0 Å². The molecule has 0 saturated heterocycles. The van der Waals surface area contributed by atoms with Crippen molar-refractivity contribution in [2.45, 2.75) is 20.4 Å². The summed E-state index contributed by atoms with van der Waals surface area (Å²) < 4.78 is 5.10. The summed E-state index contributed by atoms with van der Waals surface area (Å²) in [7, 11) is 0. The highest BCUT2D eigenvalue weighted by atomic mass is 16.4. The van der Waals surface area contributed by atoms with Gasteiger partial charge < -0.3 is 14.8 Å². The highest BCUT2D eigenvalue weighted by molar-refractivity contribution is 5.73. The highest BCUT2D eigenvalue weighted by Gasteiger charge is 2.26. The van der Waals surface area contributed by atoms with Crippen LogP contribution in [0.2, 0.25) is 0 Å². The minimum absolute atomic E-state index is 0.420. The van der Waals surface area contributed by atoms with E-state index in [4.69, 9.17) is 9.52 Å². The van der Waals surface area contributed by atoms with E-state index >= 15 is 0 Å². The van der Waals surface area contributed by atoms with Gasteiger partial charge in [0.15, 0.2) is 0 Å². The monoisotopic (exact) mass is 197 g/mol. The van der Waals surface area contributed by atoms with Crippen molar-refractivity contribution in [2.75, 3.05) is 6.54 Å². The second-order valence-corrected chi connectivity index (χ2v) is 3.87. The third kappa shape index (κ3) is 2.88. The molecule has 0 aliphatic rings. The molecule has 0 aliphatic carbocycles. The zero-order valence-electron chi connectivity index (χ0n) is 8.41. The number of hydrogen-bond donors (Lipinski definition) is 2. The zero-order valence-corrected chi connectivity index (χ0v) is 8.41. The maximum absolute atomic E-state index is 10.7. The van der Waals surface area contributed by atoms with Gasteiger partial charge in [-0.15, -0.1) is 0 Å². The molecule has 0 bridgehead atoms. The summed E-state index contributed by atoms with van der Waals surface area (Å²) in [6, 6.07) is 3.65. The van der Waals surface area contributed by atoms with Gasteiger partial charge in [0.1, 0.15) is 5.76 Å². The molecule has 1 rings (SSSR count). The third-order valence-electron chi connectivity index (χ3n) is 2.03. The molecule has 2 N–H and O–H groups in total. The Kier molecular flexibility index (Phi) is 3.30. The lowest BCUT2D eigenvalue weighted by atomic mass is 9.94. The van der Waals surface area contributed by atoms with Crippen molar-refractivity contribution in [1.82, 2.24) is 5.32 Å². The Hall–Kier alpha value is -1.29. The number of carboxylic acid groups (broad SMARTS) is 1. The fourth-order valence-corrected chi connectivity index (χ4v) is 0.987. The van der Waals surface area contributed by atoms with Gasteiger partial charge in [-0.2, -0.15) is 0 Å². The van der Waals surface area contributed by atoms with Crippen molar-refractivity contribution < 1.29 is 14.3 Å². The van der Waals surface area contributed by atoms with Gasteiger partial charge in [-0.05, 0) is 26.0 Å². The molecule has 1 aromatic rings. The summed E-state index contributed by atoms with van der Waals surface area (Å²) in [6.45, 7) is 4.35. The number of hydrogen-bond acceptors (Lipinski definition) is 3. The van der Waals surface area contributed by atoms with Crippen LogP contribution in [0.15, 0.2) is 22.8 Å². The predicted octanol–water partition coefficient (Wildman–Crippen LogP) is 1.48. The van der Waals surface area contributed by atoms with Crippen LogP contribution >= 0.6 is 0 Å². The van der Waals surface area contributed by atoms with Crippen molar-refractivity contribution in [1.29, 1.82) is 0 Å².